The Kier molecular flexibility index (Phi) is 6.33. The van der Waals surface area contributed by atoms with Crippen LogP contribution in [0.2, 0.25) is 5.02 Å². The molecule has 0 amide bonds. The molecule has 0 spiro atoms. The number of ether oxygens (including phenoxy) is 1. The summed E-state index contributed by atoms with van der Waals surface area (Å²) in [6.45, 7) is 2.27. The molecule has 1 saturated carbocycles. The first-order valence-electron chi connectivity index (χ1n) is 7.47. The second kappa shape index (κ2) is 8.25. The van der Waals surface area contributed by atoms with E-state index in [9.17, 15) is 4.79 Å². The molecule has 1 aromatic rings. The molecule has 0 radical (unpaired) electrons. The molecule has 0 heterocycles. The number of rotatable bonds is 7. The Morgan fingerprint density at radius 3 is 2.67 bits per heavy atom. The summed E-state index contributed by atoms with van der Waals surface area (Å²) >= 11 is 6.00. The van der Waals surface area contributed by atoms with Gasteiger partial charge in [-0.05, 0) is 50.3 Å². The van der Waals surface area contributed by atoms with Crippen molar-refractivity contribution < 1.29 is 14.6 Å². The van der Waals surface area contributed by atoms with Crippen LogP contribution in [0.3, 0.4) is 0 Å². The number of carboxylic acid groups (broad SMARTS) is 1. The van der Waals surface area contributed by atoms with Crippen molar-refractivity contribution in [2.45, 2.75) is 25.7 Å². The third-order valence-corrected chi connectivity index (χ3v) is 4.31. The molecule has 116 valence electrons. The van der Waals surface area contributed by atoms with Gasteiger partial charge in [-0.2, -0.15) is 0 Å². The molecule has 0 aliphatic heterocycles. The van der Waals surface area contributed by atoms with E-state index in [4.69, 9.17) is 21.4 Å². The van der Waals surface area contributed by atoms with E-state index in [2.05, 4.69) is 5.32 Å². The molecule has 0 saturated heterocycles. The van der Waals surface area contributed by atoms with Gasteiger partial charge in [0.15, 0.2) is 0 Å². The molecule has 1 aliphatic rings. The second-order valence-corrected chi connectivity index (χ2v) is 5.95. The molecule has 1 fully saturated rings. The highest BCUT2D eigenvalue weighted by Gasteiger charge is 2.25. The first-order valence-corrected chi connectivity index (χ1v) is 7.85. The molecular weight excluding hydrogens is 290 g/mol. The molecule has 0 aromatic heterocycles. The van der Waals surface area contributed by atoms with Gasteiger partial charge in [0.25, 0.3) is 0 Å². The second-order valence-electron chi connectivity index (χ2n) is 5.54. The van der Waals surface area contributed by atoms with Crippen molar-refractivity contribution in [3.05, 3.63) is 29.3 Å². The summed E-state index contributed by atoms with van der Waals surface area (Å²) in [6, 6.07) is 7.44. The van der Waals surface area contributed by atoms with E-state index in [1.165, 1.54) is 0 Å². The summed E-state index contributed by atoms with van der Waals surface area (Å²) in [5.41, 5.74) is 0. The quantitative estimate of drug-likeness (QED) is 0.759. The van der Waals surface area contributed by atoms with E-state index in [1.807, 2.05) is 24.3 Å². The number of carboxylic acids is 1. The molecule has 2 rings (SSSR count). The van der Waals surface area contributed by atoms with Crippen LogP contribution in [0.5, 0.6) is 5.75 Å². The van der Waals surface area contributed by atoms with Crippen molar-refractivity contribution >= 4 is 17.6 Å². The minimum absolute atomic E-state index is 0.134. The SMILES string of the molecule is O=C(O)C1CCC(CNCCOc2ccccc2Cl)CC1. The molecule has 4 nitrogen and oxygen atoms in total. The van der Waals surface area contributed by atoms with E-state index >= 15 is 0 Å². The molecule has 0 atom stereocenters. The largest absolute Gasteiger partial charge is 0.491 e. The Hall–Kier alpha value is -1.26. The summed E-state index contributed by atoms with van der Waals surface area (Å²) < 4.78 is 5.60. The fraction of sp³-hybridized carbons (Fsp3) is 0.562. The average Bonchev–Trinajstić information content (AvgIpc) is 2.49. The van der Waals surface area contributed by atoms with Gasteiger partial charge in [0.05, 0.1) is 10.9 Å². The van der Waals surface area contributed by atoms with Crippen molar-refractivity contribution in [2.75, 3.05) is 19.7 Å². The molecule has 1 aromatic carbocycles. The van der Waals surface area contributed by atoms with Gasteiger partial charge in [-0.3, -0.25) is 4.79 Å². The van der Waals surface area contributed by atoms with Crippen molar-refractivity contribution in [1.82, 2.24) is 5.32 Å². The van der Waals surface area contributed by atoms with E-state index < -0.39 is 5.97 Å². The first-order chi connectivity index (χ1) is 10.2. The zero-order valence-corrected chi connectivity index (χ0v) is 12.8. The van der Waals surface area contributed by atoms with Crippen LogP contribution in [-0.4, -0.2) is 30.8 Å². The highest BCUT2D eigenvalue weighted by atomic mass is 35.5. The lowest BCUT2D eigenvalue weighted by Gasteiger charge is -2.26. The van der Waals surface area contributed by atoms with Gasteiger partial charge in [0.2, 0.25) is 0 Å². The summed E-state index contributed by atoms with van der Waals surface area (Å²) in [6.07, 6.45) is 3.60. The predicted molar refractivity (Wildman–Crippen MR) is 82.9 cm³/mol. The fourth-order valence-electron chi connectivity index (χ4n) is 2.71. The van der Waals surface area contributed by atoms with Crippen LogP contribution >= 0.6 is 11.6 Å². The molecule has 5 heteroatoms. The standard InChI is InChI=1S/C16H22ClNO3/c17-14-3-1-2-4-15(14)21-10-9-18-11-12-5-7-13(8-6-12)16(19)20/h1-4,12-13,18H,5-11H2,(H,19,20). The molecule has 0 unspecified atom stereocenters. The van der Waals surface area contributed by atoms with E-state index in [0.717, 1.165) is 38.8 Å². The Balaban J connectivity index is 1.57. The fourth-order valence-corrected chi connectivity index (χ4v) is 2.90. The van der Waals surface area contributed by atoms with Crippen LogP contribution < -0.4 is 10.1 Å². The van der Waals surface area contributed by atoms with Gasteiger partial charge in [-0.25, -0.2) is 0 Å². The molecule has 21 heavy (non-hydrogen) atoms. The Labute approximate surface area is 130 Å². The van der Waals surface area contributed by atoms with Gasteiger partial charge in [-0.1, -0.05) is 23.7 Å². The zero-order chi connectivity index (χ0) is 15.1. The molecule has 2 N–H and O–H groups in total. The van der Waals surface area contributed by atoms with Crippen LogP contribution in [-0.2, 0) is 4.79 Å². The number of benzene rings is 1. The van der Waals surface area contributed by atoms with Crippen LogP contribution in [0, 0.1) is 11.8 Å². The maximum atomic E-state index is 10.9. The zero-order valence-electron chi connectivity index (χ0n) is 12.1. The molecule has 1 aliphatic carbocycles. The third kappa shape index (κ3) is 5.21. The number of hydrogen-bond acceptors (Lipinski definition) is 3. The molecular formula is C16H22ClNO3. The van der Waals surface area contributed by atoms with Gasteiger partial charge in [0, 0.05) is 6.54 Å². The van der Waals surface area contributed by atoms with Crippen LogP contribution in [0.25, 0.3) is 0 Å². The lowest BCUT2D eigenvalue weighted by Crippen LogP contribution is -2.30. The Morgan fingerprint density at radius 1 is 1.29 bits per heavy atom. The number of hydrogen-bond donors (Lipinski definition) is 2. The van der Waals surface area contributed by atoms with Crippen molar-refractivity contribution in [3.8, 4) is 5.75 Å². The van der Waals surface area contributed by atoms with Crippen molar-refractivity contribution in [2.24, 2.45) is 11.8 Å². The first kappa shape index (κ1) is 16.1. The van der Waals surface area contributed by atoms with Crippen molar-refractivity contribution in [1.29, 1.82) is 0 Å². The smallest absolute Gasteiger partial charge is 0.306 e. The maximum absolute atomic E-state index is 10.9. The number of para-hydroxylation sites is 1. The Bertz CT molecular complexity index is 459. The van der Waals surface area contributed by atoms with Gasteiger partial charge >= 0.3 is 5.97 Å². The summed E-state index contributed by atoms with van der Waals surface area (Å²) in [5.74, 6) is 0.517. The Morgan fingerprint density at radius 2 is 2.00 bits per heavy atom. The minimum Gasteiger partial charge on any atom is -0.491 e. The average molecular weight is 312 g/mol. The lowest BCUT2D eigenvalue weighted by molar-refractivity contribution is -0.143. The minimum atomic E-state index is -0.644. The lowest BCUT2D eigenvalue weighted by atomic mass is 9.82. The third-order valence-electron chi connectivity index (χ3n) is 4.00. The van der Waals surface area contributed by atoms with E-state index in [-0.39, 0.29) is 5.92 Å². The summed E-state index contributed by atoms with van der Waals surface area (Å²) in [5, 5.41) is 13.0. The maximum Gasteiger partial charge on any atom is 0.306 e. The molecule has 0 bridgehead atoms. The highest BCUT2D eigenvalue weighted by Crippen LogP contribution is 2.28. The van der Waals surface area contributed by atoms with Crippen LogP contribution in [0.1, 0.15) is 25.7 Å². The highest BCUT2D eigenvalue weighted by molar-refractivity contribution is 6.32. The normalized spacial score (nSPS) is 22.0. The van der Waals surface area contributed by atoms with Crippen LogP contribution in [0.15, 0.2) is 24.3 Å². The van der Waals surface area contributed by atoms with Gasteiger partial charge < -0.3 is 15.2 Å². The monoisotopic (exact) mass is 311 g/mol. The van der Waals surface area contributed by atoms with Gasteiger partial charge in [0.1, 0.15) is 12.4 Å². The number of nitrogens with one attached hydrogen (secondary N) is 1. The van der Waals surface area contributed by atoms with Gasteiger partial charge in [-0.15, -0.1) is 0 Å². The summed E-state index contributed by atoms with van der Waals surface area (Å²) in [4.78, 5) is 10.9. The number of halogens is 1. The topological polar surface area (TPSA) is 58.6 Å². The van der Waals surface area contributed by atoms with E-state index in [0.29, 0.717) is 23.3 Å². The van der Waals surface area contributed by atoms with Crippen molar-refractivity contribution in [3.63, 3.8) is 0 Å². The van der Waals surface area contributed by atoms with Crippen LogP contribution in [0.4, 0.5) is 0 Å². The summed E-state index contributed by atoms with van der Waals surface area (Å²) in [7, 11) is 0. The number of aliphatic carboxylic acids is 1. The van der Waals surface area contributed by atoms with E-state index in [1.54, 1.807) is 0 Å². The number of carbonyl (C=O) groups is 1. The predicted octanol–water partition coefficient (Wildman–Crippen LogP) is 3.20.